The number of carboxylic acid groups (broad SMARTS) is 1. The van der Waals surface area contributed by atoms with Crippen LogP contribution in [0.4, 0.5) is 4.39 Å². The first-order valence-corrected chi connectivity index (χ1v) is 7.75. The Bertz CT molecular complexity index is 891. The van der Waals surface area contributed by atoms with Crippen LogP contribution in [0, 0.1) is 5.82 Å². The molecule has 3 aromatic rings. The molecule has 0 aliphatic heterocycles. The second-order valence-electron chi connectivity index (χ2n) is 5.26. The second kappa shape index (κ2) is 9.22. The first-order valence-electron chi connectivity index (χ1n) is 7.75. The van der Waals surface area contributed by atoms with E-state index in [-0.39, 0.29) is 24.0 Å². The van der Waals surface area contributed by atoms with Crippen LogP contribution in [0.25, 0.3) is 11.0 Å². The molecule has 3 rings (SSSR count). The maximum Gasteiger partial charge on any atom is 0.290 e. The number of hydrogen-bond donors (Lipinski definition) is 2. The number of amides is 1. The van der Waals surface area contributed by atoms with Gasteiger partial charge in [0.05, 0.1) is 7.11 Å². The molecule has 0 saturated heterocycles. The van der Waals surface area contributed by atoms with Gasteiger partial charge in [0.1, 0.15) is 17.1 Å². The number of nitrogens with one attached hydrogen (secondary N) is 1. The fourth-order valence-electron chi connectivity index (χ4n) is 2.36. The van der Waals surface area contributed by atoms with Crippen LogP contribution >= 0.6 is 0 Å². The highest BCUT2D eigenvalue weighted by Crippen LogP contribution is 2.24. The molecule has 1 heterocycles. The Hall–Kier alpha value is -3.35. The molecule has 0 radical (unpaired) electrons. The predicted molar refractivity (Wildman–Crippen MR) is 93.9 cm³/mol. The Balaban J connectivity index is 0.000000758. The Morgan fingerprint density at radius 3 is 2.73 bits per heavy atom. The standard InChI is InChI=1S/C18H16FNO3.CH2O2/c1-22-15-5-6-16-13(10-15)11-17(23-16)18(21)20-8-7-12-3-2-4-14(19)9-12;2-1-3/h2-6,9-11H,7-8H2,1H3,(H,20,21);1H,(H,2,3). The monoisotopic (exact) mass is 359 g/mol. The number of rotatable bonds is 5. The normalized spacial score (nSPS) is 9.92. The summed E-state index contributed by atoms with van der Waals surface area (Å²) in [5, 5.41) is 10.5. The molecule has 6 nitrogen and oxygen atoms in total. The van der Waals surface area contributed by atoms with E-state index in [1.165, 1.54) is 12.1 Å². The van der Waals surface area contributed by atoms with Gasteiger partial charge in [0.2, 0.25) is 0 Å². The van der Waals surface area contributed by atoms with Crippen LogP contribution in [0.3, 0.4) is 0 Å². The van der Waals surface area contributed by atoms with E-state index in [1.807, 2.05) is 12.1 Å². The molecule has 0 fully saturated rings. The van der Waals surface area contributed by atoms with Crippen LogP contribution in [0.5, 0.6) is 5.75 Å². The SMILES string of the molecule is COc1ccc2oc(C(=O)NCCc3cccc(F)c3)cc2c1.O=CO. The van der Waals surface area contributed by atoms with Crippen molar-refractivity contribution < 1.29 is 28.2 Å². The van der Waals surface area contributed by atoms with Gasteiger partial charge in [-0.2, -0.15) is 0 Å². The third kappa shape index (κ3) is 5.07. The van der Waals surface area contributed by atoms with Crippen molar-refractivity contribution >= 4 is 23.3 Å². The van der Waals surface area contributed by atoms with Crippen LogP contribution in [-0.2, 0) is 11.2 Å². The van der Waals surface area contributed by atoms with Crippen molar-refractivity contribution in [2.75, 3.05) is 13.7 Å². The molecular formula is C19H18FNO5. The lowest BCUT2D eigenvalue weighted by Gasteiger charge is -2.03. The van der Waals surface area contributed by atoms with Crippen LogP contribution in [0.2, 0.25) is 0 Å². The number of furan rings is 1. The number of benzene rings is 2. The summed E-state index contributed by atoms with van der Waals surface area (Å²) in [6.07, 6.45) is 0.553. The van der Waals surface area contributed by atoms with Gasteiger partial charge in [-0.1, -0.05) is 12.1 Å². The van der Waals surface area contributed by atoms with Crippen molar-refractivity contribution in [1.29, 1.82) is 0 Å². The Kier molecular flexibility index (Phi) is 6.73. The zero-order valence-corrected chi connectivity index (χ0v) is 14.1. The topological polar surface area (TPSA) is 88.8 Å². The van der Waals surface area contributed by atoms with E-state index in [1.54, 1.807) is 31.4 Å². The van der Waals surface area contributed by atoms with Gasteiger partial charge in [0, 0.05) is 11.9 Å². The van der Waals surface area contributed by atoms with E-state index < -0.39 is 0 Å². The van der Waals surface area contributed by atoms with Crippen molar-refractivity contribution in [2.45, 2.75) is 6.42 Å². The maximum atomic E-state index is 13.1. The Labute approximate surface area is 149 Å². The van der Waals surface area contributed by atoms with Crippen molar-refractivity contribution in [3.05, 3.63) is 65.7 Å². The zero-order valence-electron chi connectivity index (χ0n) is 14.1. The van der Waals surface area contributed by atoms with Gasteiger partial charge < -0.3 is 19.6 Å². The van der Waals surface area contributed by atoms with E-state index in [0.29, 0.717) is 24.3 Å². The van der Waals surface area contributed by atoms with Gasteiger partial charge in [0.25, 0.3) is 12.4 Å². The quantitative estimate of drug-likeness (QED) is 0.683. The first-order chi connectivity index (χ1) is 12.6. The third-order valence-electron chi connectivity index (χ3n) is 3.54. The van der Waals surface area contributed by atoms with E-state index in [4.69, 9.17) is 19.1 Å². The molecule has 0 spiro atoms. The molecule has 0 unspecified atom stereocenters. The van der Waals surface area contributed by atoms with Crippen molar-refractivity contribution in [3.63, 3.8) is 0 Å². The van der Waals surface area contributed by atoms with Gasteiger partial charge in [-0.05, 0) is 48.4 Å². The largest absolute Gasteiger partial charge is 0.497 e. The third-order valence-corrected chi connectivity index (χ3v) is 3.54. The van der Waals surface area contributed by atoms with Crippen molar-refractivity contribution in [2.24, 2.45) is 0 Å². The fourth-order valence-corrected chi connectivity index (χ4v) is 2.36. The van der Waals surface area contributed by atoms with Gasteiger partial charge in [-0.3, -0.25) is 9.59 Å². The molecule has 7 heteroatoms. The summed E-state index contributed by atoms with van der Waals surface area (Å²) < 4.78 is 23.8. The molecule has 0 atom stereocenters. The minimum Gasteiger partial charge on any atom is -0.497 e. The molecule has 0 aliphatic carbocycles. The molecule has 2 aromatic carbocycles. The van der Waals surface area contributed by atoms with Crippen LogP contribution in [0.1, 0.15) is 16.1 Å². The Morgan fingerprint density at radius 2 is 2.04 bits per heavy atom. The highest BCUT2D eigenvalue weighted by Gasteiger charge is 2.12. The molecule has 0 bridgehead atoms. The fraction of sp³-hybridized carbons (Fsp3) is 0.158. The molecule has 136 valence electrons. The molecule has 1 aromatic heterocycles. The average molecular weight is 359 g/mol. The number of carbonyl (C=O) groups excluding carboxylic acids is 1. The number of carbonyl (C=O) groups is 2. The lowest BCUT2D eigenvalue weighted by Crippen LogP contribution is -2.25. The number of halogens is 1. The van der Waals surface area contributed by atoms with E-state index in [9.17, 15) is 9.18 Å². The minimum absolute atomic E-state index is 0.243. The highest BCUT2D eigenvalue weighted by atomic mass is 19.1. The summed E-state index contributed by atoms with van der Waals surface area (Å²) in [7, 11) is 1.58. The molecule has 1 amide bonds. The number of hydrogen-bond acceptors (Lipinski definition) is 4. The summed E-state index contributed by atoms with van der Waals surface area (Å²) in [4.78, 5) is 20.5. The number of fused-ring (bicyclic) bond motifs is 1. The predicted octanol–water partition coefficient (Wildman–Crippen LogP) is 3.25. The molecule has 0 aliphatic rings. The second-order valence-corrected chi connectivity index (χ2v) is 5.26. The van der Waals surface area contributed by atoms with Crippen molar-refractivity contribution in [3.8, 4) is 5.75 Å². The van der Waals surface area contributed by atoms with Gasteiger partial charge in [-0.25, -0.2) is 4.39 Å². The van der Waals surface area contributed by atoms with Gasteiger partial charge in [-0.15, -0.1) is 0 Å². The summed E-state index contributed by atoms with van der Waals surface area (Å²) >= 11 is 0. The van der Waals surface area contributed by atoms with E-state index >= 15 is 0 Å². The molecular weight excluding hydrogens is 341 g/mol. The lowest BCUT2D eigenvalue weighted by atomic mass is 10.1. The molecule has 26 heavy (non-hydrogen) atoms. The van der Waals surface area contributed by atoms with Gasteiger partial charge in [0.15, 0.2) is 5.76 Å². The smallest absolute Gasteiger partial charge is 0.290 e. The average Bonchev–Trinajstić information content (AvgIpc) is 3.05. The zero-order chi connectivity index (χ0) is 18.9. The number of ether oxygens (including phenoxy) is 1. The molecule has 0 saturated carbocycles. The van der Waals surface area contributed by atoms with E-state index in [0.717, 1.165) is 10.9 Å². The summed E-state index contributed by atoms with van der Waals surface area (Å²) in [5.74, 6) is 0.375. The van der Waals surface area contributed by atoms with Crippen LogP contribution < -0.4 is 10.1 Å². The maximum absolute atomic E-state index is 13.1. The number of methoxy groups -OCH3 is 1. The van der Waals surface area contributed by atoms with Crippen molar-refractivity contribution in [1.82, 2.24) is 5.32 Å². The van der Waals surface area contributed by atoms with Crippen LogP contribution in [0.15, 0.2) is 52.9 Å². The first kappa shape index (κ1) is 19.0. The lowest BCUT2D eigenvalue weighted by molar-refractivity contribution is -0.122. The van der Waals surface area contributed by atoms with Gasteiger partial charge >= 0.3 is 0 Å². The summed E-state index contributed by atoms with van der Waals surface area (Å²) in [5.41, 5.74) is 1.46. The minimum atomic E-state index is -0.295. The Morgan fingerprint density at radius 1 is 1.27 bits per heavy atom. The summed E-state index contributed by atoms with van der Waals surface area (Å²) in [6, 6.07) is 13.3. The summed E-state index contributed by atoms with van der Waals surface area (Å²) in [6.45, 7) is 0.155. The van der Waals surface area contributed by atoms with Crippen LogP contribution in [-0.4, -0.2) is 31.1 Å². The van der Waals surface area contributed by atoms with E-state index in [2.05, 4.69) is 5.32 Å². The molecule has 2 N–H and O–H groups in total. The highest BCUT2D eigenvalue weighted by molar-refractivity contribution is 5.96.